The van der Waals surface area contributed by atoms with E-state index in [0.29, 0.717) is 6.61 Å². The minimum Gasteiger partial charge on any atom is -0.491 e. The van der Waals surface area contributed by atoms with Crippen molar-refractivity contribution in [2.75, 3.05) is 6.61 Å². The van der Waals surface area contributed by atoms with E-state index >= 15 is 0 Å². The SMILES string of the molecule is CCOC(=O)[C@H]([NH3+])c1ccc(OC(C)C)cc1. The number of carbonyl (C=O) groups is 1. The van der Waals surface area contributed by atoms with Crippen LogP contribution in [0.4, 0.5) is 0 Å². The van der Waals surface area contributed by atoms with E-state index in [1.165, 1.54) is 0 Å². The normalized spacial score (nSPS) is 12.3. The van der Waals surface area contributed by atoms with Crippen molar-refractivity contribution in [3.8, 4) is 5.75 Å². The van der Waals surface area contributed by atoms with Gasteiger partial charge in [-0.15, -0.1) is 0 Å². The third-order valence-electron chi connectivity index (χ3n) is 2.23. The van der Waals surface area contributed by atoms with Crippen LogP contribution >= 0.6 is 0 Å². The summed E-state index contributed by atoms with van der Waals surface area (Å²) in [4.78, 5) is 11.5. The van der Waals surface area contributed by atoms with Crippen LogP contribution in [0, 0.1) is 0 Å². The Balaban J connectivity index is 2.70. The zero-order valence-corrected chi connectivity index (χ0v) is 10.6. The minimum absolute atomic E-state index is 0.140. The van der Waals surface area contributed by atoms with Crippen LogP contribution in [0.2, 0.25) is 0 Å². The molecule has 0 aliphatic carbocycles. The number of quaternary nitrogens is 1. The highest BCUT2D eigenvalue weighted by Gasteiger charge is 2.20. The lowest BCUT2D eigenvalue weighted by Gasteiger charge is -2.11. The maximum Gasteiger partial charge on any atom is 0.369 e. The highest BCUT2D eigenvalue weighted by atomic mass is 16.5. The Morgan fingerprint density at radius 2 is 1.88 bits per heavy atom. The third kappa shape index (κ3) is 4.07. The second-order valence-corrected chi connectivity index (χ2v) is 4.04. The number of hydrogen-bond donors (Lipinski definition) is 1. The maximum absolute atomic E-state index is 11.5. The van der Waals surface area contributed by atoms with Gasteiger partial charge >= 0.3 is 5.97 Å². The molecule has 17 heavy (non-hydrogen) atoms. The topological polar surface area (TPSA) is 63.2 Å². The van der Waals surface area contributed by atoms with Gasteiger partial charge in [-0.05, 0) is 45.0 Å². The van der Waals surface area contributed by atoms with Crippen molar-refractivity contribution in [3.63, 3.8) is 0 Å². The molecule has 1 rings (SSSR count). The van der Waals surface area contributed by atoms with Gasteiger partial charge in [0.25, 0.3) is 0 Å². The Kier molecular flexibility index (Phi) is 4.97. The third-order valence-corrected chi connectivity index (χ3v) is 2.23. The van der Waals surface area contributed by atoms with Crippen LogP contribution in [0.25, 0.3) is 0 Å². The van der Waals surface area contributed by atoms with Gasteiger partial charge in [0.15, 0.2) is 0 Å². The molecule has 0 saturated heterocycles. The van der Waals surface area contributed by atoms with E-state index in [1.54, 1.807) is 6.92 Å². The predicted molar refractivity (Wildman–Crippen MR) is 64.5 cm³/mol. The predicted octanol–water partition coefficient (Wildman–Crippen LogP) is 1.32. The van der Waals surface area contributed by atoms with Crippen molar-refractivity contribution >= 4 is 5.97 Å². The number of hydrogen-bond acceptors (Lipinski definition) is 3. The first-order valence-electron chi connectivity index (χ1n) is 5.81. The number of rotatable bonds is 5. The molecule has 0 bridgehead atoms. The quantitative estimate of drug-likeness (QED) is 0.787. The fraction of sp³-hybridized carbons (Fsp3) is 0.462. The summed E-state index contributed by atoms with van der Waals surface area (Å²) in [5, 5.41) is 0. The number of esters is 1. The molecule has 0 amide bonds. The first-order valence-corrected chi connectivity index (χ1v) is 5.81. The molecule has 0 heterocycles. The van der Waals surface area contributed by atoms with Crippen LogP contribution in [0.3, 0.4) is 0 Å². The van der Waals surface area contributed by atoms with Crippen LogP contribution in [-0.2, 0) is 9.53 Å². The Hall–Kier alpha value is -1.55. The van der Waals surface area contributed by atoms with Gasteiger partial charge in [-0.25, -0.2) is 4.79 Å². The van der Waals surface area contributed by atoms with Gasteiger partial charge in [0.2, 0.25) is 6.04 Å². The van der Waals surface area contributed by atoms with Crippen molar-refractivity contribution in [1.82, 2.24) is 0 Å². The fourth-order valence-electron chi connectivity index (χ4n) is 1.43. The lowest BCUT2D eigenvalue weighted by Crippen LogP contribution is -2.57. The van der Waals surface area contributed by atoms with Gasteiger partial charge in [-0.2, -0.15) is 0 Å². The summed E-state index contributed by atoms with van der Waals surface area (Å²) < 4.78 is 10.4. The van der Waals surface area contributed by atoms with Gasteiger partial charge in [0, 0.05) is 5.56 Å². The second kappa shape index (κ2) is 6.25. The van der Waals surface area contributed by atoms with Gasteiger partial charge < -0.3 is 15.2 Å². The Bertz CT molecular complexity index is 359. The summed E-state index contributed by atoms with van der Waals surface area (Å²) in [5.41, 5.74) is 4.63. The minimum atomic E-state index is -0.483. The summed E-state index contributed by atoms with van der Waals surface area (Å²) >= 11 is 0. The van der Waals surface area contributed by atoms with Crippen molar-refractivity contribution in [1.29, 1.82) is 0 Å². The van der Waals surface area contributed by atoms with Crippen molar-refractivity contribution < 1.29 is 20.0 Å². The standard InChI is InChI=1S/C13H19NO3/c1-4-16-13(15)12(14)10-5-7-11(8-6-10)17-9(2)3/h5-9,12H,4,14H2,1-3H3/p+1/t12-/m1/s1. The monoisotopic (exact) mass is 238 g/mol. The Morgan fingerprint density at radius 3 is 2.35 bits per heavy atom. The molecular formula is C13H20NO3+. The number of ether oxygens (including phenoxy) is 2. The first kappa shape index (κ1) is 13.5. The molecule has 0 fully saturated rings. The van der Waals surface area contributed by atoms with E-state index in [9.17, 15) is 4.79 Å². The smallest absolute Gasteiger partial charge is 0.369 e. The largest absolute Gasteiger partial charge is 0.491 e. The lowest BCUT2D eigenvalue weighted by molar-refractivity contribution is -0.414. The van der Waals surface area contributed by atoms with Gasteiger partial charge in [-0.1, -0.05) is 0 Å². The van der Waals surface area contributed by atoms with E-state index in [1.807, 2.05) is 38.1 Å². The summed E-state index contributed by atoms with van der Waals surface area (Å²) in [5.74, 6) is 0.491. The molecule has 3 N–H and O–H groups in total. The molecule has 0 saturated carbocycles. The van der Waals surface area contributed by atoms with Gasteiger partial charge in [-0.3, -0.25) is 0 Å². The van der Waals surface area contributed by atoms with Crippen molar-refractivity contribution in [3.05, 3.63) is 29.8 Å². The highest BCUT2D eigenvalue weighted by molar-refractivity contribution is 5.75. The molecular weight excluding hydrogens is 218 g/mol. The molecule has 0 spiro atoms. The molecule has 1 aromatic carbocycles. The van der Waals surface area contributed by atoms with E-state index in [0.717, 1.165) is 11.3 Å². The first-order chi connectivity index (χ1) is 8.04. The molecule has 94 valence electrons. The highest BCUT2D eigenvalue weighted by Crippen LogP contribution is 2.17. The number of benzene rings is 1. The summed E-state index contributed by atoms with van der Waals surface area (Å²) in [6, 6.07) is 6.88. The Labute approximate surface area is 102 Å². The van der Waals surface area contributed by atoms with Crippen molar-refractivity contribution in [2.45, 2.75) is 32.9 Å². The molecule has 4 heteroatoms. The molecule has 1 aromatic rings. The van der Waals surface area contributed by atoms with E-state index in [4.69, 9.17) is 9.47 Å². The Morgan fingerprint density at radius 1 is 1.29 bits per heavy atom. The zero-order chi connectivity index (χ0) is 12.8. The van der Waals surface area contributed by atoms with E-state index < -0.39 is 6.04 Å². The molecule has 0 aromatic heterocycles. The van der Waals surface area contributed by atoms with Gasteiger partial charge in [0.1, 0.15) is 5.75 Å². The molecule has 1 atom stereocenters. The summed E-state index contributed by atoms with van der Waals surface area (Å²) in [7, 11) is 0. The lowest BCUT2D eigenvalue weighted by atomic mass is 10.1. The zero-order valence-electron chi connectivity index (χ0n) is 10.6. The van der Waals surface area contributed by atoms with Crippen LogP contribution in [-0.4, -0.2) is 18.7 Å². The van der Waals surface area contributed by atoms with Crippen molar-refractivity contribution in [2.24, 2.45) is 0 Å². The molecule has 4 nitrogen and oxygen atoms in total. The molecule has 0 aliphatic rings. The molecule has 0 aliphatic heterocycles. The van der Waals surface area contributed by atoms with E-state index in [-0.39, 0.29) is 12.1 Å². The second-order valence-electron chi connectivity index (χ2n) is 4.04. The number of carbonyl (C=O) groups excluding carboxylic acids is 1. The molecule has 0 unspecified atom stereocenters. The maximum atomic E-state index is 11.5. The summed E-state index contributed by atoms with van der Waals surface area (Å²) in [6.45, 7) is 6.09. The van der Waals surface area contributed by atoms with Crippen LogP contribution in [0.5, 0.6) is 5.75 Å². The average molecular weight is 238 g/mol. The van der Waals surface area contributed by atoms with E-state index in [2.05, 4.69) is 5.73 Å². The van der Waals surface area contributed by atoms with Crippen LogP contribution in [0.15, 0.2) is 24.3 Å². The van der Waals surface area contributed by atoms with Crippen LogP contribution in [0.1, 0.15) is 32.4 Å². The fourth-order valence-corrected chi connectivity index (χ4v) is 1.43. The van der Waals surface area contributed by atoms with Gasteiger partial charge in [0.05, 0.1) is 12.7 Å². The van der Waals surface area contributed by atoms with Crippen LogP contribution < -0.4 is 10.5 Å². The summed E-state index contributed by atoms with van der Waals surface area (Å²) in [6.07, 6.45) is 0.140. The molecule has 0 radical (unpaired) electrons. The average Bonchev–Trinajstić information content (AvgIpc) is 2.28.